The monoisotopic (exact) mass is 1850 g/mol. The van der Waals surface area contributed by atoms with Gasteiger partial charge in [0.05, 0.1) is 88.3 Å². The van der Waals surface area contributed by atoms with Gasteiger partial charge in [0.2, 0.25) is 24.0 Å². The first kappa shape index (κ1) is 104. The Morgan fingerprint density at radius 1 is 0.598 bits per heavy atom. The minimum atomic E-state index is -4.64. The number of nitrogens with zero attached hydrogens (tertiary/aromatic N) is 2. The van der Waals surface area contributed by atoms with Crippen LogP contribution in [-0.4, -0.2) is 232 Å². The number of aliphatic hydroxyl groups is 2. The summed E-state index contributed by atoms with van der Waals surface area (Å²) >= 11 is 0. The fraction of sp³-hybridized carbons (Fsp3) is 0.494. The Bertz CT molecular complexity index is 4580. The van der Waals surface area contributed by atoms with E-state index in [2.05, 4.69) is 40.4 Å². The molecule has 2 aliphatic heterocycles. The van der Waals surface area contributed by atoms with Crippen molar-refractivity contribution < 1.29 is 156 Å². The van der Waals surface area contributed by atoms with Crippen molar-refractivity contribution in [2.24, 2.45) is 5.92 Å². The lowest BCUT2D eigenvalue weighted by atomic mass is 9.81. The van der Waals surface area contributed by atoms with Crippen LogP contribution in [0.3, 0.4) is 0 Å². The van der Waals surface area contributed by atoms with Gasteiger partial charge in [0.25, 0.3) is 16.0 Å². The number of benzene rings is 4. The summed E-state index contributed by atoms with van der Waals surface area (Å²) in [5.41, 5.74) is 5.77. The van der Waals surface area contributed by atoms with E-state index >= 15 is 0 Å². The topological polar surface area (TPSA) is 507 Å². The van der Waals surface area contributed by atoms with Crippen LogP contribution in [-0.2, 0) is 111 Å². The third kappa shape index (κ3) is 36.5. The number of nitrogens with one attached hydrogen (secondary N) is 5. The second kappa shape index (κ2) is 55.1. The van der Waals surface area contributed by atoms with E-state index in [1.165, 1.54) is 12.1 Å². The molecule has 4 aromatic carbocycles. The summed E-state index contributed by atoms with van der Waals surface area (Å²) < 4.78 is 91.6. The predicted molar refractivity (Wildman–Crippen MR) is 440 cm³/mol. The molecule has 1 aliphatic carbocycles. The van der Waals surface area contributed by atoms with Gasteiger partial charge in [-0.15, -0.1) is 12.6 Å². The lowest BCUT2D eigenvalue weighted by Crippen LogP contribution is -3.00. The molecule has 11 N–H and O–H groups in total. The number of carboxylic acid groups (broad SMARTS) is 3. The Balaban J connectivity index is 0.00000376. The third-order valence-electron chi connectivity index (χ3n) is 20.0. The molecule has 0 spiro atoms. The summed E-state index contributed by atoms with van der Waals surface area (Å²) in [6, 6.07) is 25.1. The number of hydrogen-bond acceptors (Lipinski definition) is 24. The van der Waals surface area contributed by atoms with Gasteiger partial charge in [-0.1, -0.05) is 106 Å². The second-order valence-electron chi connectivity index (χ2n) is 29.6. The van der Waals surface area contributed by atoms with Crippen LogP contribution >= 0.6 is 0 Å². The molecule has 122 heavy (non-hydrogen) atoms. The van der Waals surface area contributed by atoms with E-state index in [1.807, 2.05) is 97.3 Å². The number of urea groups is 1. The molecule has 0 saturated heterocycles. The van der Waals surface area contributed by atoms with E-state index < -0.39 is 85.7 Å². The molecule has 668 valence electrons. The highest BCUT2D eigenvalue weighted by molar-refractivity contribution is 7.85. The Labute approximate surface area is 728 Å². The largest absolute Gasteiger partial charge is 1.00 e. The van der Waals surface area contributed by atoms with E-state index in [0.29, 0.717) is 85.8 Å². The minimum Gasteiger partial charge on any atom is -1.00 e. The van der Waals surface area contributed by atoms with Crippen LogP contribution in [0.2, 0.25) is 0 Å². The maximum absolute atomic E-state index is 14.4. The maximum atomic E-state index is 14.4. The van der Waals surface area contributed by atoms with Crippen molar-refractivity contribution in [3.63, 3.8) is 0 Å². The number of rotatable bonds is 53. The third-order valence-corrected chi connectivity index (χ3v) is 20.8. The van der Waals surface area contributed by atoms with E-state index in [9.17, 15) is 66.3 Å². The van der Waals surface area contributed by atoms with Crippen molar-refractivity contribution in [1.82, 2.24) is 26.6 Å². The van der Waals surface area contributed by atoms with Gasteiger partial charge in [-0.3, -0.25) is 38.1 Å². The highest BCUT2D eigenvalue weighted by Crippen LogP contribution is 2.49. The number of aliphatic hydroxyl groups excluding tert-OH is 2. The Morgan fingerprint density at radius 2 is 1.18 bits per heavy atom. The van der Waals surface area contributed by atoms with Crippen LogP contribution in [0, 0.1) is 5.92 Å². The van der Waals surface area contributed by atoms with Crippen molar-refractivity contribution in [3.8, 4) is 5.75 Å². The average molecular weight is 1850 g/mol. The number of amides is 5. The molecule has 0 fully saturated rings. The number of halogens is 1. The number of carbonyl (C=O) groups excluding carboxylic acids is 8. The molecule has 7 rings (SSSR count). The summed E-state index contributed by atoms with van der Waals surface area (Å²) in [5.74, 6) is -5.39. The molecule has 0 unspecified atom stereocenters. The quantitative estimate of drug-likeness (QED) is 0.0130. The number of unbranched alkanes of at least 4 members (excludes halogenated alkanes) is 5. The fourth-order valence-electron chi connectivity index (χ4n) is 13.9. The Morgan fingerprint density at radius 3 is 1.78 bits per heavy atom. The highest BCUT2D eigenvalue weighted by Gasteiger charge is 2.46. The van der Waals surface area contributed by atoms with Gasteiger partial charge < -0.3 is 105 Å². The zero-order chi connectivity index (χ0) is 88.9. The number of fused-ring (bicyclic) bond motifs is 2. The predicted octanol–water partition coefficient (Wildman–Crippen LogP) is 3.71. The summed E-state index contributed by atoms with van der Waals surface area (Å²) in [5, 5.41) is 60.6. The van der Waals surface area contributed by atoms with Crippen LogP contribution in [0.25, 0.3) is 0 Å². The molecule has 3 aliphatic rings. The van der Waals surface area contributed by atoms with Gasteiger partial charge >= 0.3 is 40.7 Å². The van der Waals surface area contributed by atoms with Crippen molar-refractivity contribution in [2.45, 2.75) is 171 Å². The molecule has 0 saturated carbocycles. The van der Waals surface area contributed by atoms with Gasteiger partial charge in [0, 0.05) is 86.2 Å². The number of allylic oxidation sites excluding steroid dienone is 7. The van der Waals surface area contributed by atoms with Gasteiger partial charge in [-0.25, -0.2) is 9.59 Å². The molecule has 34 nitrogen and oxygen atoms in total. The lowest BCUT2D eigenvalue weighted by Gasteiger charge is -2.27. The number of carboxylic acids is 3. The second-order valence-corrected chi connectivity index (χ2v) is 31.4. The van der Waals surface area contributed by atoms with Crippen LogP contribution < -0.4 is 60.2 Å². The molecule has 4 aromatic rings. The number of carbonyl (C=O) groups is 9. The number of para-hydroxylation sites is 1. The van der Waals surface area contributed by atoms with Crippen molar-refractivity contribution in [1.29, 1.82) is 0 Å². The first-order valence-electron chi connectivity index (χ1n) is 39.9. The van der Waals surface area contributed by atoms with Gasteiger partial charge in [-0.05, 0) is 142 Å². The van der Waals surface area contributed by atoms with E-state index in [-0.39, 0.29) is 195 Å². The number of hydrogen-bond donors (Lipinski definition) is 11. The van der Waals surface area contributed by atoms with Crippen LogP contribution in [0.5, 0.6) is 5.75 Å². The Hall–Kier alpha value is -10.1. The highest BCUT2D eigenvalue weighted by atomic mass is 127. The molecule has 0 aromatic heterocycles. The standard InChI is InChI=1S/C84H111N7O22S.CO2.HI.O3S/c1-83(2)66-23-14-15-24-70(66)90(56-76(97)85-40-44-109-48-50-111-46-42-92)73(83)37-29-60-20-16-21-61(30-38-74-84(3,4)67-55-65(114(106,107)108)34-36-71(67)91(74)57-77(98)86-41-45-110-49-51-112-47-43-93)79(60)113-64-32-27-59(28-33-64)52-62(80(101)102)54-72(95)69(53-58-18-10-9-11-19-58)88-75(96)25-13-8-6-5-7-12-22-63(94)31-35-68(81(103)104)89-82(105)87-39-17-26-78(99)100;2-1-3;;1-4(2)3/h9-11,14-15,18-19,23-24,27-30,32-34,36-38,55,62,68-69,92-93H,5-8,12-13,16-17,20-22,25-26,31,35,39-54,56-57H2,1-4H3,(H8-,85,86,87,88,89,96,97,98,99,100,101,102,103,104,105,106,107,108);;1H;/t62-,68+,69+;;;/m1.../s1. The van der Waals surface area contributed by atoms with E-state index in [0.717, 1.165) is 52.9 Å². The molecule has 37 heteroatoms. The van der Waals surface area contributed by atoms with Gasteiger partial charge in [0.15, 0.2) is 11.5 Å². The smallest absolute Gasteiger partial charge is 0.425 e. The lowest BCUT2D eigenvalue weighted by molar-refractivity contribution is -0.425. The van der Waals surface area contributed by atoms with Crippen LogP contribution in [0.1, 0.15) is 153 Å². The number of aliphatic carboxylic acids is 3. The van der Waals surface area contributed by atoms with Crippen molar-refractivity contribution in [3.05, 3.63) is 166 Å². The normalized spacial score (nSPS) is 15.0. The zero-order valence-corrected chi connectivity index (χ0v) is 72.7. The van der Waals surface area contributed by atoms with Gasteiger partial charge in [-0.2, -0.15) is 22.6 Å². The number of anilines is 1. The average Bonchev–Trinajstić information content (AvgIpc) is 1.59. The van der Waals surface area contributed by atoms with E-state index in [1.54, 1.807) is 35.2 Å². The van der Waals surface area contributed by atoms with Crippen molar-refractivity contribution >= 4 is 97.2 Å². The number of ketones is 2. The maximum Gasteiger partial charge on any atom is 0.425 e. The summed E-state index contributed by atoms with van der Waals surface area (Å²) in [6.45, 7) is 9.94. The molecule has 0 bridgehead atoms. The van der Waals surface area contributed by atoms with Gasteiger partial charge in [0.1, 0.15) is 29.9 Å². The summed E-state index contributed by atoms with van der Waals surface area (Å²) in [4.78, 5) is 134. The van der Waals surface area contributed by atoms with E-state index in [4.69, 9.17) is 61.2 Å². The number of Topliss-reactive ketones (excluding diaryl/α,β-unsaturated/α-hetero) is 2. The Kier molecular flexibility index (Phi) is 47.1. The summed E-state index contributed by atoms with van der Waals surface area (Å²) in [7, 11) is -7.75. The molecular formula is C85H112IN7O27S2. The first-order chi connectivity index (χ1) is 57.7. The minimum absolute atomic E-state index is 0. The SMILES string of the molecule is CC1(C)C(=CC=C2CCCC(C=CC3=[N+](CC(=O)NCCOCCOCCO)c4ccccc4C3(C)C)=C2Oc2ccc(C[C@H](CC(=O)[C@H](Cc3ccccc3)NC(=O)CCCCCCCCC(=O)CC[C@H](NC(=O)NCCCC(=O)O)C(=O)O)C(=O)O)cc2)N(CC(=O)NCCOCCOCCO)c2ccc(S(=O)(=O)O)cc21.O=C=O.O=S(=O)=O.[I-]. The van der Waals surface area contributed by atoms with Crippen LogP contribution in [0.15, 0.2) is 149 Å². The molecule has 5 amide bonds. The molecule has 2 heterocycles. The fourth-order valence-corrected chi connectivity index (χ4v) is 14.5. The zero-order valence-electron chi connectivity index (χ0n) is 69.0. The summed E-state index contributed by atoms with van der Waals surface area (Å²) in [6.07, 6.45) is 13.7. The van der Waals surface area contributed by atoms with Crippen molar-refractivity contribution in [2.75, 3.05) is 104 Å². The van der Waals surface area contributed by atoms with Crippen LogP contribution in [0.4, 0.5) is 16.2 Å². The number of ether oxygens (including phenoxy) is 5. The molecule has 0 radical (unpaired) electrons. The molecule has 3 atom stereocenters. The molecular weight excluding hydrogens is 1740 g/mol. The first-order valence-corrected chi connectivity index (χ1v) is 42.3.